The Morgan fingerprint density at radius 3 is 2.62 bits per heavy atom. The summed E-state index contributed by atoms with van der Waals surface area (Å²) in [5.41, 5.74) is 1.61. The number of carbonyl (C=O) groups is 1. The van der Waals surface area contributed by atoms with Gasteiger partial charge in [0.15, 0.2) is 0 Å². The molecule has 1 saturated carbocycles. The Morgan fingerprint density at radius 1 is 1.16 bits per heavy atom. The van der Waals surface area contributed by atoms with E-state index in [-0.39, 0.29) is 47.1 Å². The van der Waals surface area contributed by atoms with Gasteiger partial charge in [0.2, 0.25) is 0 Å². The highest BCUT2D eigenvalue weighted by atomic mass is 35.5. The summed E-state index contributed by atoms with van der Waals surface area (Å²) in [6.07, 6.45) is 8.75. The summed E-state index contributed by atoms with van der Waals surface area (Å²) in [7, 11) is 0. The average molecular weight is 458 g/mol. The third-order valence-electron chi connectivity index (χ3n) is 7.27. The topological polar surface area (TPSA) is 72.4 Å². The van der Waals surface area contributed by atoms with Gasteiger partial charge < -0.3 is 19.9 Å². The lowest BCUT2D eigenvalue weighted by Crippen LogP contribution is -2.45. The number of fused-ring (bicyclic) bond motifs is 1. The van der Waals surface area contributed by atoms with Crippen LogP contribution in [0.4, 0.5) is 0 Å². The van der Waals surface area contributed by atoms with Gasteiger partial charge in [-0.1, -0.05) is 18.2 Å². The van der Waals surface area contributed by atoms with Crippen LogP contribution in [-0.4, -0.2) is 29.2 Å². The summed E-state index contributed by atoms with van der Waals surface area (Å²) >= 11 is 0. The van der Waals surface area contributed by atoms with Crippen molar-refractivity contribution in [2.75, 3.05) is 13.1 Å². The summed E-state index contributed by atoms with van der Waals surface area (Å²) < 4.78 is 8.18. The minimum atomic E-state index is -0.277. The molecule has 1 atom stereocenters. The molecular weight excluding hydrogens is 426 g/mol. The highest BCUT2D eigenvalue weighted by Crippen LogP contribution is 2.47. The molecule has 2 aliphatic heterocycles. The van der Waals surface area contributed by atoms with Crippen LogP contribution in [0.1, 0.15) is 78.5 Å². The highest BCUT2D eigenvalue weighted by molar-refractivity contribution is 5.95. The summed E-state index contributed by atoms with van der Waals surface area (Å²) in [6, 6.07) is 9.86. The van der Waals surface area contributed by atoms with Crippen molar-refractivity contribution in [1.82, 2.24) is 15.2 Å². The smallest absolute Gasteiger partial charge is 0.263 e. The molecule has 1 unspecified atom stereocenters. The molecule has 6 nitrogen and oxygen atoms in total. The fourth-order valence-electron chi connectivity index (χ4n) is 5.59. The SMILES string of the molecule is Cc1ccn(C2CCNCC2)c(=O)c1C(=O)NC1CC2(CCCC2)Oc2ccccc21.Cl. The molecule has 0 radical (unpaired) electrons. The molecule has 172 valence electrons. The number of ether oxygens (including phenoxy) is 1. The standard InChI is InChI=1S/C25H31N3O3.ClH/c1-17-10-15-28(18-8-13-26-14-9-18)24(30)22(17)23(29)27-20-16-25(11-4-5-12-25)31-21-7-3-2-6-19(20)21;/h2-3,6-7,10,15,18,20,26H,4-5,8-9,11-14,16H2,1H3,(H,27,29);1H. The molecule has 3 heterocycles. The number of hydrogen-bond donors (Lipinski definition) is 2. The van der Waals surface area contributed by atoms with Gasteiger partial charge in [-0.2, -0.15) is 0 Å². The number of nitrogens with zero attached hydrogens (tertiary/aromatic N) is 1. The normalized spacial score (nSPS) is 22.0. The monoisotopic (exact) mass is 457 g/mol. The summed E-state index contributed by atoms with van der Waals surface area (Å²) in [4.78, 5) is 26.7. The van der Waals surface area contributed by atoms with Crippen molar-refractivity contribution in [3.63, 3.8) is 0 Å². The van der Waals surface area contributed by atoms with Crippen LogP contribution in [-0.2, 0) is 0 Å². The van der Waals surface area contributed by atoms with E-state index in [9.17, 15) is 9.59 Å². The Labute approximate surface area is 195 Å². The number of aromatic nitrogens is 1. The van der Waals surface area contributed by atoms with E-state index in [0.29, 0.717) is 0 Å². The number of hydrogen-bond acceptors (Lipinski definition) is 4. The van der Waals surface area contributed by atoms with Gasteiger partial charge in [0, 0.05) is 24.2 Å². The number of piperidine rings is 1. The second-order valence-electron chi connectivity index (χ2n) is 9.33. The van der Waals surface area contributed by atoms with Crippen LogP contribution < -0.4 is 20.9 Å². The third-order valence-corrected chi connectivity index (χ3v) is 7.27. The zero-order valence-corrected chi connectivity index (χ0v) is 19.4. The quantitative estimate of drug-likeness (QED) is 0.728. The van der Waals surface area contributed by atoms with E-state index in [4.69, 9.17) is 4.74 Å². The van der Waals surface area contributed by atoms with Crippen LogP contribution in [0.15, 0.2) is 41.3 Å². The number of aryl methyl sites for hydroxylation is 1. The molecule has 3 aliphatic rings. The van der Waals surface area contributed by atoms with E-state index < -0.39 is 0 Å². The molecule has 7 heteroatoms. The van der Waals surface area contributed by atoms with E-state index >= 15 is 0 Å². The number of halogens is 1. The van der Waals surface area contributed by atoms with Crippen LogP contribution in [0.2, 0.25) is 0 Å². The molecule has 1 aliphatic carbocycles. The molecule has 2 aromatic rings. The van der Waals surface area contributed by atoms with Gasteiger partial charge in [0.05, 0.1) is 6.04 Å². The molecule has 1 aromatic carbocycles. The number of para-hydroxylation sites is 1. The first-order chi connectivity index (χ1) is 15.1. The molecular formula is C25H32ClN3O3. The van der Waals surface area contributed by atoms with Crippen molar-refractivity contribution in [2.45, 2.75) is 69.6 Å². The third kappa shape index (κ3) is 4.18. The van der Waals surface area contributed by atoms with Crippen molar-refractivity contribution in [3.8, 4) is 5.75 Å². The lowest BCUT2D eigenvalue weighted by atomic mass is 9.85. The van der Waals surface area contributed by atoms with E-state index in [2.05, 4.69) is 10.6 Å². The second kappa shape index (κ2) is 9.28. The van der Waals surface area contributed by atoms with Gasteiger partial charge in [0.1, 0.15) is 16.9 Å². The Kier molecular flexibility index (Phi) is 6.63. The first kappa shape index (κ1) is 22.9. The van der Waals surface area contributed by atoms with Crippen LogP contribution in [0, 0.1) is 6.92 Å². The van der Waals surface area contributed by atoms with Gasteiger partial charge >= 0.3 is 0 Å². The zero-order valence-electron chi connectivity index (χ0n) is 18.6. The number of benzene rings is 1. The predicted molar refractivity (Wildman–Crippen MR) is 127 cm³/mol. The van der Waals surface area contributed by atoms with Crippen LogP contribution in [0.3, 0.4) is 0 Å². The fourth-order valence-corrected chi connectivity index (χ4v) is 5.59. The molecule has 1 spiro atoms. The van der Waals surface area contributed by atoms with Crippen molar-refractivity contribution >= 4 is 18.3 Å². The number of nitrogens with one attached hydrogen (secondary N) is 2. The number of pyridine rings is 1. The van der Waals surface area contributed by atoms with Crippen LogP contribution in [0.25, 0.3) is 0 Å². The van der Waals surface area contributed by atoms with Gasteiger partial charge in [-0.25, -0.2) is 0 Å². The van der Waals surface area contributed by atoms with Crippen molar-refractivity contribution in [2.24, 2.45) is 0 Å². The van der Waals surface area contributed by atoms with Gasteiger partial charge in [-0.15, -0.1) is 12.4 Å². The minimum Gasteiger partial charge on any atom is -0.487 e. The molecule has 2 N–H and O–H groups in total. The summed E-state index contributed by atoms with van der Waals surface area (Å²) in [6.45, 7) is 3.64. The molecule has 1 saturated heterocycles. The Bertz CT molecular complexity index is 1040. The van der Waals surface area contributed by atoms with E-state index in [1.54, 1.807) is 4.57 Å². The largest absolute Gasteiger partial charge is 0.487 e. The first-order valence-corrected chi connectivity index (χ1v) is 11.6. The van der Waals surface area contributed by atoms with Gasteiger partial charge in [-0.3, -0.25) is 9.59 Å². The predicted octanol–water partition coefficient (Wildman–Crippen LogP) is 4.07. The van der Waals surface area contributed by atoms with Crippen molar-refractivity contribution in [3.05, 3.63) is 63.6 Å². The molecule has 1 amide bonds. The maximum absolute atomic E-state index is 13.4. The number of carbonyl (C=O) groups excluding carboxylic acids is 1. The maximum Gasteiger partial charge on any atom is 0.263 e. The maximum atomic E-state index is 13.4. The molecule has 5 rings (SSSR count). The zero-order chi connectivity index (χ0) is 21.4. The Hall–Kier alpha value is -2.31. The molecule has 32 heavy (non-hydrogen) atoms. The summed E-state index contributed by atoms with van der Waals surface area (Å²) in [5.74, 6) is 0.582. The Morgan fingerprint density at radius 2 is 1.88 bits per heavy atom. The van der Waals surface area contributed by atoms with E-state index in [0.717, 1.165) is 74.9 Å². The van der Waals surface area contributed by atoms with Crippen molar-refractivity contribution in [1.29, 1.82) is 0 Å². The lowest BCUT2D eigenvalue weighted by Gasteiger charge is -2.40. The second-order valence-corrected chi connectivity index (χ2v) is 9.33. The Balaban J connectivity index is 0.00000245. The number of amides is 1. The van der Waals surface area contributed by atoms with E-state index in [1.165, 1.54) is 0 Å². The van der Waals surface area contributed by atoms with Crippen LogP contribution in [0.5, 0.6) is 5.75 Å². The van der Waals surface area contributed by atoms with Gasteiger partial charge in [-0.05, 0) is 76.2 Å². The highest BCUT2D eigenvalue weighted by Gasteiger charge is 2.43. The minimum absolute atomic E-state index is 0. The van der Waals surface area contributed by atoms with Crippen LogP contribution >= 0.6 is 12.4 Å². The lowest BCUT2D eigenvalue weighted by molar-refractivity contribution is 0.0360. The van der Waals surface area contributed by atoms with Gasteiger partial charge in [0.25, 0.3) is 11.5 Å². The van der Waals surface area contributed by atoms with E-state index in [1.807, 2.05) is 43.5 Å². The number of rotatable bonds is 3. The molecule has 1 aromatic heterocycles. The molecule has 0 bridgehead atoms. The average Bonchev–Trinajstić information content (AvgIpc) is 3.21. The summed E-state index contributed by atoms with van der Waals surface area (Å²) in [5, 5.41) is 6.54. The fraction of sp³-hybridized carbons (Fsp3) is 0.520. The first-order valence-electron chi connectivity index (χ1n) is 11.6. The molecule has 2 fully saturated rings. The van der Waals surface area contributed by atoms with Crippen molar-refractivity contribution < 1.29 is 9.53 Å².